The molecule has 29 heavy (non-hydrogen) atoms. The van der Waals surface area contributed by atoms with Gasteiger partial charge in [0.15, 0.2) is 5.16 Å². The number of aryl methyl sites for hydroxylation is 4. The summed E-state index contributed by atoms with van der Waals surface area (Å²) in [6.07, 6.45) is 8.91. The Bertz CT molecular complexity index is 805. The number of unbranched alkanes of at least 4 members (excludes halogenated alkanes) is 4. The summed E-state index contributed by atoms with van der Waals surface area (Å²) in [5, 5.41) is 12.5. The second kappa shape index (κ2) is 11.8. The van der Waals surface area contributed by atoms with E-state index in [1.165, 1.54) is 43.0 Å². The first-order chi connectivity index (χ1) is 14.0. The standard InChI is InChI=1S/C23H34N4OS/c1-6-8-9-10-11-12-20-25-26-23(27(20)13-7-2)29-16-21(28)24-22-18(4)14-17(3)15-19(22)5/h7,14-15H,2,6,8-13,16H2,1,3-5H3,(H,24,28). The molecular formula is C23H34N4OS. The number of rotatable bonds is 12. The Morgan fingerprint density at radius 2 is 1.83 bits per heavy atom. The van der Waals surface area contributed by atoms with Crippen LogP contribution in [0.2, 0.25) is 0 Å². The van der Waals surface area contributed by atoms with Crippen LogP contribution in [0.25, 0.3) is 0 Å². The van der Waals surface area contributed by atoms with E-state index < -0.39 is 0 Å². The molecule has 0 aliphatic heterocycles. The Labute approximate surface area is 179 Å². The summed E-state index contributed by atoms with van der Waals surface area (Å²) in [6, 6.07) is 4.17. The quantitative estimate of drug-likeness (QED) is 0.278. The molecular weight excluding hydrogens is 380 g/mol. The first-order valence-electron chi connectivity index (χ1n) is 10.5. The number of nitrogens with one attached hydrogen (secondary N) is 1. The number of aromatic nitrogens is 3. The predicted molar refractivity (Wildman–Crippen MR) is 123 cm³/mol. The van der Waals surface area contributed by atoms with Crippen molar-refractivity contribution in [1.82, 2.24) is 14.8 Å². The summed E-state index contributed by atoms with van der Waals surface area (Å²) < 4.78 is 2.08. The maximum Gasteiger partial charge on any atom is 0.234 e. The highest BCUT2D eigenvalue weighted by Gasteiger charge is 2.14. The third kappa shape index (κ3) is 7.03. The average molecular weight is 415 g/mol. The highest BCUT2D eigenvalue weighted by atomic mass is 32.2. The lowest BCUT2D eigenvalue weighted by atomic mass is 10.1. The van der Waals surface area contributed by atoms with Crippen molar-refractivity contribution >= 4 is 23.4 Å². The van der Waals surface area contributed by atoms with Crippen molar-refractivity contribution < 1.29 is 4.79 Å². The lowest BCUT2D eigenvalue weighted by Crippen LogP contribution is -2.16. The van der Waals surface area contributed by atoms with Gasteiger partial charge in [-0.25, -0.2) is 0 Å². The van der Waals surface area contributed by atoms with Gasteiger partial charge in [-0.2, -0.15) is 0 Å². The zero-order chi connectivity index (χ0) is 21.2. The van der Waals surface area contributed by atoms with Crippen LogP contribution in [0.15, 0.2) is 29.9 Å². The van der Waals surface area contributed by atoms with Crippen molar-refractivity contribution in [2.24, 2.45) is 0 Å². The summed E-state index contributed by atoms with van der Waals surface area (Å²) in [5.41, 5.74) is 4.27. The summed E-state index contributed by atoms with van der Waals surface area (Å²) >= 11 is 1.43. The first-order valence-corrected chi connectivity index (χ1v) is 11.5. The van der Waals surface area contributed by atoms with Gasteiger partial charge in [0.2, 0.25) is 5.91 Å². The number of hydrogen-bond acceptors (Lipinski definition) is 4. The molecule has 0 spiro atoms. The van der Waals surface area contributed by atoms with Crippen LogP contribution < -0.4 is 5.32 Å². The number of hydrogen-bond donors (Lipinski definition) is 1. The molecule has 1 aromatic carbocycles. The van der Waals surface area contributed by atoms with E-state index in [-0.39, 0.29) is 5.91 Å². The number of anilines is 1. The minimum absolute atomic E-state index is 0.0284. The van der Waals surface area contributed by atoms with Crippen molar-refractivity contribution in [2.45, 2.75) is 77.9 Å². The Morgan fingerprint density at radius 3 is 2.48 bits per heavy atom. The van der Waals surface area contributed by atoms with E-state index in [9.17, 15) is 4.79 Å². The summed E-state index contributed by atoms with van der Waals surface area (Å²) in [5.74, 6) is 1.26. The van der Waals surface area contributed by atoms with E-state index in [1.807, 2.05) is 19.9 Å². The summed E-state index contributed by atoms with van der Waals surface area (Å²) in [4.78, 5) is 12.5. The molecule has 0 unspecified atom stereocenters. The minimum Gasteiger partial charge on any atom is -0.325 e. The Balaban J connectivity index is 1.95. The summed E-state index contributed by atoms with van der Waals surface area (Å²) in [7, 11) is 0. The van der Waals surface area contributed by atoms with Crippen molar-refractivity contribution in [1.29, 1.82) is 0 Å². The van der Waals surface area contributed by atoms with Gasteiger partial charge >= 0.3 is 0 Å². The SMILES string of the molecule is C=CCn1c(CCCCCCC)nnc1SCC(=O)Nc1c(C)cc(C)cc1C. The lowest BCUT2D eigenvalue weighted by molar-refractivity contribution is -0.113. The Morgan fingerprint density at radius 1 is 1.14 bits per heavy atom. The van der Waals surface area contributed by atoms with Gasteiger partial charge in [0.05, 0.1) is 5.75 Å². The highest BCUT2D eigenvalue weighted by molar-refractivity contribution is 7.99. The monoisotopic (exact) mass is 414 g/mol. The van der Waals surface area contributed by atoms with E-state index in [4.69, 9.17) is 0 Å². The normalized spacial score (nSPS) is 10.9. The fraction of sp³-hybridized carbons (Fsp3) is 0.522. The molecule has 1 heterocycles. The topological polar surface area (TPSA) is 59.8 Å². The Kier molecular flexibility index (Phi) is 9.45. The smallest absolute Gasteiger partial charge is 0.234 e. The second-order valence-electron chi connectivity index (χ2n) is 7.57. The van der Waals surface area contributed by atoms with E-state index in [0.29, 0.717) is 12.3 Å². The predicted octanol–water partition coefficient (Wildman–Crippen LogP) is 5.63. The molecule has 0 atom stereocenters. The highest BCUT2D eigenvalue weighted by Crippen LogP contribution is 2.23. The van der Waals surface area contributed by atoms with Crippen LogP contribution in [0.3, 0.4) is 0 Å². The molecule has 1 N–H and O–H groups in total. The van der Waals surface area contributed by atoms with E-state index in [1.54, 1.807) is 0 Å². The van der Waals surface area contributed by atoms with E-state index in [2.05, 4.69) is 52.6 Å². The van der Waals surface area contributed by atoms with E-state index in [0.717, 1.165) is 40.6 Å². The van der Waals surface area contributed by atoms with Crippen molar-refractivity contribution in [3.05, 3.63) is 47.3 Å². The van der Waals surface area contributed by atoms with Crippen LogP contribution in [-0.2, 0) is 17.8 Å². The van der Waals surface area contributed by atoms with Crippen molar-refractivity contribution in [2.75, 3.05) is 11.1 Å². The molecule has 2 rings (SSSR count). The minimum atomic E-state index is -0.0284. The fourth-order valence-corrected chi connectivity index (χ4v) is 4.26. The third-order valence-corrected chi connectivity index (χ3v) is 5.85. The molecule has 0 bridgehead atoms. The van der Waals surface area contributed by atoms with Crippen LogP contribution in [0.5, 0.6) is 0 Å². The number of amides is 1. The maximum atomic E-state index is 12.5. The average Bonchev–Trinajstić information content (AvgIpc) is 3.05. The molecule has 0 saturated carbocycles. The molecule has 6 heteroatoms. The van der Waals surface area contributed by atoms with Gasteiger partial charge in [0, 0.05) is 18.7 Å². The van der Waals surface area contributed by atoms with Crippen LogP contribution in [0.4, 0.5) is 5.69 Å². The molecule has 1 amide bonds. The molecule has 0 radical (unpaired) electrons. The molecule has 0 aliphatic carbocycles. The Hall–Kier alpha value is -2.08. The number of thioether (sulfide) groups is 1. The second-order valence-corrected chi connectivity index (χ2v) is 8.52. The third-order valence-electron chi connectivity index (χ3n) is 4.88. The van der Waals surface area contributed by atoms with Crippen LogP contribution in [0.1, 0.15) is 61.5 Å². The number of carbonyl (C=O) groups excluding carboxylic acids is 1. The van der Waals surface area contributed by atoms with Gasteiger partial charge in [-0.3, -0.25) is 4.79 Å². The van der Waals surface area contributed by atoms with Crippen LogP contribution in [-0.4, -0.2) is 26.4 Å². The van der Waals surface area contributed by atoms with Crippen LogP contribution in [0, 0.1) is 20.8 Å². The van der Waals surface area contributed by atoms with Gasteiger partial charge in [0.25, 0.3) is 0 Å². The molecule has 1 aromatic heterocycles. The van der Waals surface area contributed by atoms with Crippen LogP contribution >= 0.6 is 11.8 Å². The molecule has 0 aliphatic rings. The molecule has 158 valence electrons. The lowest BCUT2D eigenvalue weighted by Gasteiger charge is -2.13. The maximum absolute atomic E-state index is 12.5. The van der Waals surface area contributed by atoms with Gasteiger partial charge < -0.3 is 9.88 Å². The fourth-order valence-electron chi connectivity index (χ4n) is 3.49. The summed E-state index contributed by atoms with van der Waals surface area (Å²) in [6.45, 7) is 12.9. The number of benzene rings is 1. The number of nitrogens with zero attached hydrogens (tertiary/aromatic N) is 3. The molecule has 0 fully saturated rings. The first kappa shape index (κ1) is 23.2. The number of carbonyl (C=O) groups is 1. The van der Waals surface area contributed by atoms with Crippen molar-refractivity contribution in [3.8, 4) is 0 Å². The van der Waals surface area contributed by atoms with Crippen molar-refractivity contribution in [3.63, 3.8) is 0 Å². The largest absolute Gasteiger partial charge is 0.325 e. The van der Waals surface area contributed by atoms with Gasteiger partial charge in [-0.05, 0) is 38.3 Å². The van der Waals surface area contributed by atoms with Gasteiger partial charge in [-0.1, -0.05) is 68.1 Å². The van der Waals surface area contributed by atoms with Gasteiger partial charge in [-0.15, -0.1) is 16.8 Å². The van der Waals surface area contributed by atoms with Gasteiger partial charge in [0.1, 0.15) is 5.82 Å². The molecule has 2 aromatic rings. The molecule has 0 saturated heterocycles. The molecule has 5 nitrogen and oxygen atoms in total. The zero-order valence-electron chi connectivity index (χ0n) is 18.3. The zero-order valence-corrected chi connectivity index (χ0v) is 19.1. The van der Waals surface area contributed by atoms with E-state index >= 15 is 0 Å². The number of allylic oxidation sites excluding steroid dienone is 1.